The topological polar surface area (TPSA) is 372 Å². The van der Waals surface area contributed by atoms with Crippen molar-refractivity contribution in [2.24, 2.45) is 0 Å². The molecule has 74 heavy (non-hydrogen) atoms. The van der Waals surface area contributed by atoms with Crippen LogP contribution in [-0.4, -0.2) is 219 Å². The van der Waals surface area contributed by atoms with Crippen molar-refractivity contribution in [3.05, 3.63) is 29.8 Å². The van der Waals surface area contributed by atoms with Gasteiger partial charge in [0.25, 0.3) is 5.91 Å². The number of nitrogens with one attached hydrogen (secondary N) is 4. The van der Waals surface area contributed by atoms with Crippen LogP contribution in [0.4, 0.5) is 0 Å². The molecule has 0 spiro atoms. The van der Waals surface area contributed by atoms with Gasteiger partial charge < -0.3 is 105 Å². The summed E-state index contributed by atoms with van der Waals surface area (Å²) >= 11 is 0. The van der Waals surface area contributed by atoms with Crippen LogP contribution in [0.1, 0.15) is 109 Å². The van der Waals surface area contributed by atoms with Gasteiger partial charge >= 0.3 is 0 Å². The Labute approximate surface area is 430 Å². The lowest BCUT2D eigenvalue weighted by molar-refractivity contribution is -0.361. The molecular formula is C49H80N4O21. The zero-order valence-electron chi connectivity index (χ0n) is 42.7. The highest BCUT2D eigenvalue weighted by molar-refractivity contribution is 5.94. The van der Waals surface area contributed by atoms with Crippen LogP contribution in [0.3, 0.4) is 0 Å². The summed E-state index contributed by atoms with van der Waals surface area (Å²) in [6.07, 6.45) is -15.8. The molecule has 0 bridgehead atoms. The number of carbonyl (C=O) groups excluding carboxylic acids is 4. The van der Waals surface area contributed by atoms with E-state index in [2.05, 4.69) is 28.2 Å². The van der Waals surface area contributed by atoms with E-state index in [1.165, 1.54) is 44.2 Å². The Morgan fingerprint density at radius 2 is 0.946 bits per heavy atom. The first-order chi connectivity index (χ1) is 35.4. The molecule has 4 amide bonds. The Morgan fingerprint density at radius 3 is 1.42 bits per heavy atom. The molecule has 13 N–H and O–H groups in total. The summed E-state index contributed by atoms with van der Waals surface area (Å²) in [6.45, 7) is 5.01. The van der Waals surface area contributed by atoms with Gasteiger partial charge in [0.05, 0.1) is 32.5 Å². The lowest BCUT2D eigenvalue weighted by Crippen LogP contribution is -2.71. The van der Waals surface area contributed by atoms with E-state index in [9.17, 15) is 65.1 Å². The number of amides is 4. The van der Waals surface area contributed by atoms with E-state index in [0.717, 1.165) is 46.5 Å². The molecule has 422 valence electrons. The predicted octanol–water partition coefficient (Wildman–Crippen LogP) is -2.55. The van der Waals surface area contributed by atoms with Gasteiger partial charge in [-0.15, -0.1) is 0 Å². The number of hydrogen-bond donors (Lipinski definition) is 13. The minimum atomic E-state index is -1.91. The molecule has 4 heterocycles. The average Bonchev–Trinajstić information content (AvgIpc) is 3.36. The van der Waals surface area contributed by atoms with Crippen LogP contribution in [0.15, 0.2) is 24.3 Å². The van der Waals surface area contributed by atoms with Gasteiger partial charge in [-0.05, 0) is 31.0 Å². The zero-order chi connectivity index (χ0) is 54.2. The quantitative estimate of drug-likeness (QED) is 0.0425. The van der Waals surface area contributed by atoms with E-state index in [0.29, 0.717) is 12.4 Å². The van der Waals surface area contributed by atoms with E-state index in [1.54, 1.807) is 19.1 Å². The zero-order valence-corrected chi connectivity index (χ0v) is 42.7. The van der Waals surface area contributed by atoms with Crippen LogP contribution < -0.4 is 26.0 Å². The second-order valence-corrected chi connectivity index (χ2v) is 19.3. The molecule has 25 nitrogen and oxygen atoms in total. The molecule has 25 heteroatoms. The summed E-state index contributed by atoms with van der Waals surface area (Å²) in [5, 5.41) is 109. The van der Waals surface area contributed by atoms with E-state index in [4.69, 9.17) is 37.9 Å². The highest BCUT2D eigenvalue weighted by Crippen LogP contribution is 2.35. The maximum Gasteiger partial charge on any atom is 0.251 e. The van der Waals surface area contributed by atoms with Crippen molar-refractivity contribution < 1.29 is 103 Å². The smallest absolute Gasteiger partial charge is 0.251 e. The van der Waals surface area contributed by atoms with Gasteiger partial charge in [0.15, 0.2) is 25.2 Å². The van der Waals surface area contributed by atoms with Crippen molar-refractivity contribution in [2.45, 2.75) is 221 Å². The van der Waals surface area contributed by atoms with Gasteiger partial charge in [0, 0.05) is 26.3 Å². The fraction of sp³-hybridized carbons (Fsp3) is 0.796. The number of unbranched alkanes of at least 4 members (excludes halogenated alkanes) is 8. The molecule has 0 radical (unpaired) electrons. The van der Waals surface area contributed by atoms with Crippen LogP contribution in [0, 0.1) is 0 Å². The first kappa shape index (κ1) is 61.1. The summed E-state index contributed by atoms with van der Waals surface area (Å²) in [7, 11) is 0. The van der Waals surface area contributed by atoms with Crippen LogP contribution in [0.5, 0.6) is 5.75 Å². The first-order valence-corrected chi connectivity index (χ1v) is 25.7. The molecule has 10 unspecified atom stereocenters. The Morgan fingerprint density at radius 1 is 0.514 bits per heavy atom. The monoisotopic (exact) mass is 1060 g/mol. The highest BCUT2D eigenvalue weighted by Gasteiger charge is 2.56. The summed E-state index contributed by atoms with van der Waals surface area (Å²) < 4.78 is 48.0. The molecule has 4 saturated heterocycles. The molecule has 0 saturated carbocycles. The number of carbonyl (C=O) groups is 4. The van der Waals surface area contributed by atoms with E-state index in [1.807, 2.05) is 0 Å². The van der Waals surface area contributed by atoms with Gasteiger partial charge in [-0.2, -0.15) is 0 Å². The van der Waals surface area contributed by atoms with E-state index in [-0.39, 0.29) is 12.0 Å². The van der Waals surface area contributed by atoms with Gasteiger partial charge in [-0.25, -0.2) is 0 Å². The number of aliphatic hydroxyl groups excluding tert-OH is 9. The number of rotatable bonds is 26. The fourth-order valence-electron chi connectivity index (χ4n) is 9.68. The van der Waals surface area contributed by atoms with Crippen molar-refractivity contribution in [2.75, 3.05) is 26.4 Å². The Hall–Kier alpha value is -3.74. The van der Waals surface area contributed by atoms with Gasteiger partial charge in [0.1, 0.15) is 97.1 Å². The van der Waals surface area contributed by atoms with Crippen LogP contribution in [-0.2, 0) is 47.5 Å². The second kappa shape index (κ2) is 29.7. The molecular weight excluding hydrogens is 981 g/mol. The Bertz CT molecular complexity index is 1910. The molecule has 20 atom stereocenters. The highest BCUT2D eigenvalue weighted by atomic mass is 16.8. The number of ether oxygens (including phenoxy) is 8. The van der Waals surface area contributed by atoms with Crippen molar-refractivity contribution in [1.82, 2.24) is 21.3 Å². The molecule has 1 aromatic carbocycles. The summed E-state index contributed by atoms with van der Waals surface area (Å²) in [5.74, 6) is -2.39. The van der Waals surface area contributed by atoms with Crippen LogP contribution in [0.2, 0.25) is 0 Å². The Balaban J connectivity index is 1.32. The maximum atomic E-state index is 13.8. The SMILES string of the molecule is CCCCCCCCCCCOc1cccc(C(=O)N[C@H]2C(O)[C@H](O)C(CO)O[C@H]2O[C@H]2C(O)C(NC(C)=O)C(OC3C(CO)O[C@@H](O[C@H]4C(O)C(NC(C)=O)C(O)O[C@H]4CC)[C@@H](NC(C)=O)[C@@H]3O)O[C@H]2CO)c1. The minimum absolute atomic E-state index is 0.106. The van der Waals surface area contributed by atoms with E-state index < -0.39 is 166 Å². The first-order valence-electron chi connectivity index (χ1n) is 25.7. The van der Waals surface area contributed by atoms with Crippen LogP contribution >= 0.6 is 0 Å². The molecule has 5 rings (SSSR count). The second-order valence-electron chi connectivity index (χ2n) is 19.3. The summed E-state index contributed by atoms with van der Waals surface area (Å²) in [6, 6.07) is 0.153. The minimum Gasteiger partial charge on any atom is -0.494 e. The van der Waals surface area contributed by atoms with Gasteiger partial charge in [-0.3, -0.25) is 19.2 Å². The molecule has 0 aromatic heterocycles. The number of hydrogen-bond acceptors (Lipinski definition) is 21. The average molecular weight is 1060 g/mol. The third-order valence-electron chi connectivity index (χ3n) is 13.6. The largest absolute Gasteiger partial charge is 0.494 e. The predicted molar refractivity (Wildman–Crippen MR) is 256 cm³/mol. The number of aliphatic hydroxyl groups is 9. The third kappa shape index (κ3) is 16.2. The van der Waals surface area contributed by atoms with Crippen molar-refractivity contribution >= 4 is 23.6 Å². The normalized spacial score (nSPS) is 36.4. The van der Waals surface area contributed by atoms with E-state index >= 15 is 0 Å². The molecule has 4 aliphatic rings. The van der Waals surface area contributed by atoms with Gasteiger partial charge in [-0.1, -0.05) is 71.3 Å². The molecule has 0 aliphatic carbocycles. The fourth-order valence-corrected chi connectivity index (χ4v) is 9.68. The van der Waals surface area contributed by atoms with Crippen molar-refractivity contribution in [3.63, 3.8) is 0 Å². The summed E-state index contributed by atoms with van der Waals surface area (Å²) in [5.41, 5.74) is 0.106. The lowest BCUT2D eigenvalue weighted by atomic mass is 9.92. The van der Waals surface area contributed by atoms with Gasteiger partial charge in [0.2, 0.25) is 17.7 Å². The molecule has 4 fully saturated rings. The Kier molecular flexibility index (Phi) is 24.5. The lowest BCUT2D eigenvalue weighted by Gasteiger charge is -2.51. The standard InChI is InChI=1S/C49H80N4O21/c1-6-8-9-10-11-12-13-14-15-19-67-28-18-16-17-27(20-28)45(65)53-34-38(61)37(60)30(21-54)69-47(34)73-43-31(22-55)71-49(36(41(43)64)52-26(5)59)74-44-32(23-56)70-48(35(40(44)63)51-25(4)58)72-42-29(7-2)68-46(66)33(39(42)62)50-24(3)57/h16-18,20,29-44,46-49,54-56,60-64,66H,6-15,19,21-23H2,1-5H3,(H,50,57)(H,51,58)(H,52,59)(H,53,65)/t29-,30?,31-,32?,33?,34-,35-,36?,37+,38?,39?,40-,41?,42+,43+,44?,46?,47-,48-,49?/m0/s1. The summed E-state index contributed by atoms with van der Waals surface area (Å²) in [4.78, 5) is 51.0. The van der Waals surface area contributed by atoms with Crippen LogP contribution in [0.25, 0.3) is 0 Å². The maximum absolute atomic E-state index is 13.8. The number of benzene rings is 1. The van der Waals surface area contributed by atoms with Crippen molar-refractivity contribution in [3.8, 4) is 5.75 Å². The molecule has 1 aromatic rings. The van der Waals surface area contributed by atoms with Crippen molar-refractivity contribution in [1.29, 1.82) is 0 Å². The third-order valence-corrected chi connectivity index (χ3v) is 13.6. The molecule has 4 aliphatic heterocycles.